The number of H-pyrrole nitrogens is 1. The second-order valence-corrected chi connectivity index (χ2v) is 14.7. The molecular weight excluding hydrogens is 684 g/mol. The molecule has 0 unspecified atom stereocenters. The number of rotatable bonds is 14. The number of phenols is 1. The Kier molecular flexibility index (Phi) is 13.2. The lowest BCUT2D eigenvalue weighted by Gasteiger charge is -2.35. The highest BCUT2D eigenvalue weighted by Crippen LogP contribution is 2.31. The summed E-state index contributed by atoms with van der Waals surface area (Å²) in [6.07, 6.45) is 4.50. The lowest BCUT2D eigenvalue weighted by Crippen LogP contribution is -2.45. The minimum Gasteiger partial charge on any atom is -0.506 e. The molecular formula is C43H52N4O7. The number of nitrogens with one attached hydrogen (secondary N) is 1. The van der Waals surface area contributed by atoms with Gasteiger partial charge in [0, 0.05) is 70.1 Å². The number of aromatic nitrogens is 1. The molecule has 4 aromatic rings. The zero-order chi connectivity index (χ0) is 38.0. The summed E-state index contributed by atoms with van der Waals surface area (Å²) in [6, 6.07) is 24.1. The third-order valence-electron chi connectivity index (χ3n) is 11.0. The van der Waals surface area contributed by atoms with Crippen molar-refractivity contribution in [3.63, 3.8) is 0 Å². The summed E-state index contributed by atoms with van der Waals surface area (Å²) in [5.41, 5.74) is 3.71. The van der Waals surface area contributed by atoms with Gasteiger partial charge in [-0.2, -0.15) is 0 Å². The van der Waals surface area contributed by atoms with Crippen molar-refractivity contribution < 1.29 is 29.3 Å². The molecule has 2 aliphatic heterocycles. The smallest absolute Gasteiger partial charge is 0.310 e. The molecule has 0 bridgehead atoms. The molecule has 2 saturated heterocycles. The second kappa shape index (κ2) is 18.4. The Bertz CT molecular complexity index is 1950. The molecule has 11 nitrogen and oxygen atoms in total. The number of phenolic OH excluding ortho intramolecular Hbond substituents is 1. The molecule has 0 aliphatic carbocycles. The van der Waals surface area contributed by atoms with Crippen LogP contribution < -0.4 is 5.56 Å². The molecule has 3 heterocycles. The standard InChI is InChI=1S/C43H52N4O7/c1-45(23-8-7-13-37(48)35-14-16-38(49)42-36(35)15-17-39(50)44-42)43(53)31-18-27-47(28-19-31)40(51)22-26-46-24-20-33(21-25-46)54-41(52)29-32-11-5-6-12-34(32)30-9-3-2-4-10-30/h2-6,9-12,14-17,31,33,37,48-49H,7-8,13,18-29H2,1H3,(H,44,50)/t37-/m0/s1. The van der Waals surface area contributed by atoms with E-state index in [0.29, 0.717) is 74.7 Å². The number of amides is 2. The van der Waals surface area contributed by atoms with E-state index in [1.54, 1.807) is 17.0 Å². The van der Waals surface area contributed by atoms with E-state index >= 15 is 0 Å². The van der Waals surface area contributed by atoms with E-state index in [1.165, 1.54) is 12.1 Å². The van der Waals surface area contributed by atoms with Crippen molar-refractivity contribution in [3.05, 3.63) is 100 Å². The average Bonchev–Trinajstić information content (AvgIpc) is 3.19. The molecule has 6 rings (SSSR count). The molecule has 0 spiro atoms. The number of carbonyl (C=O) groups excluding carboxylic acids is 3. The Hall–Kier alpha value is -5.00. The van der Waals surface area contributed by atoms with Gasteiger partial charge in [0.25, 0.3) is 0 Å². The zero-order valence-electron chi connectivity index (χ0n) is 31.1. The molecule has 2 aliphatic rings. The fourth-order valence-electron chi connectivity index (χ4n) is 7.81. The molecule has 1 aromatic heterocycles. The lowest BCUT2D eigenvalue weighted by atomic mass is 9.95. The first kappa shape index (κ1) is 38.7. The number of pyridine rings is 1. The van der Waals surface area contributed by atoms with Gasteiger partial charge in [-0.3, -0.25) is 19.2 Å². The van der Waals surface area contributed by atoms with Crippen LogP contribution in [0.2, 0.25) is 0 Å². The summed E-state index contributed by atoms with van der Waals surface area (Å²) >= 11 is 0. The summed E-state index contributed by atoms with van der Waals surface area (Å²) in [5, 5.41) is 21.6. The van der Waals surface area contributed by atoms with Crippen molar-refractivity contribution in [1.29, 1.82) is 0 Å². The topological polar surface area (TPSA) is 143 Å². The fraction of sp³-hybridized carbons (Fsp3) is 0.442. The molecule has 0 radical (unpaired) electrons. The molecule has 3 aromatic carbocycles. The highest BCUT2D eigenvalue weighted by atomic mass is 16.5. The molecule has 0 saturated carbocycles. The van der Waals surface area contributed by atoms with Crippen molar-refractivity contribution in [2.75, 3.05) is 46.3 Å². The monoisotopic (exact) mass is 736 g/mol. The van der Waals surface area contributed by atoms with Crippen LogP contribution in [0.4, 0.5) is 0 Å². The van der Waals surface area contributed by atoms with Gasteiger partial charge in [0.2, 0.25) is 17.4 Å². The highest BCUT2D eigenvalue weighted by molar-refractivity contribution is 5.87. The minimum absolute atomic E-state index is 0.0414. The van der Waals surface area contributed by atoms with Crippen LogP contribution in [0.1, 0.15) is 68.6 Å². The van der Waals surface area contributed by atoms with Crippen LogP contribution in [-0.2, 0) is 25.5 Å². The van der Waals surface area contributed by atoms with Gasteiger partial charge < -0.3 is 34.6 Å². The van der Waals surface area contributed by atoms with E-state index in [0.717, 1.165) is 49.0 Å². The first-order valence-corrected chi connectivity index (χ1v) is 19.3. The van der Waals surface area contributed by atoms with Gasteiger partial charge >= 0.3 is 5.97 Å². The highest BCUT2D eigenvalue weighted by Gasteiger charge is 2.30. The second-order valence-electron chi connectivity index (χ2n) is 14.7. The number of esters is 1. The number of benzene rings is 3. The zero-order valence-corrected chi connectivity index (χ0v) is 31.1. The molecule has 3 N–H and O–H groups in total. The van der Waals surface area contributed by atoms with Crippen molar-refractivity contribution in [1.82, 2.24) is 19.7 Å². The van der Waals surface area contributed by atoms with Gasteiger partial charge in [0.15, 0.2) is 0 Å². The number of hydrogen-bond acceptors (Lipinski definition) is 8. The predicted octanol–water partition coefficient (Wildman–Crippen LogP) is 5.44. The van der Waals surface area contributed by atoms with Gasteiger partial charge in [-0.1, -0.05) is 60.7 Å². The summed E-state index contributed by atoms with van der Waals surface area (Å²) in [6.45, 7) is 3.96. The third kappa shape index (κ3) is 9.95. The van der Waals surface area contributed by atoms with Gasteiger partial charge in [-0.15, -0.1) is 0 Å². The van der Waals surface area contributed by atoms with Crippen molar-refractivity contribution in [2.24, 2.45) is 5.92 Å². The van der Waals surface area contributed by atoms with Crippen LogP contribution in [-0.4, -0.2) is 100 Å². The van der Waals surface area contributed by atoms with Crippen molar-refractivity contribution in [2.45, 2.75) is 70.0 Å². The predicted molar refractivity (Wildman–Crippen MR) is 208 cm³/mol. The fourth-order valence-corrected chi connectivity index (χ4v) is 7.81. The maximum atomic E-state index is 13.2. The first-order valence-electron chi connectivity index (χ1n) is 19.3. The quantitative estimate of drug-likeness (QED) is 0.115. The van der Waals surface area contributed by atoms with E-state index in [1.807, 2.05) is 66.5 Å². The van der Waals surface area contributed by atoms with Crippen LogP contribution in [0.25, 0.3) is 22.0 Å². The number of unbranched alkanes of at least 4 members (excludes halogenated alkanes) is 1. The number of fused-ring (bicyclic) bond motifs is 1. The summed E-state index contributed by atoms with van der Waals surface area (Å²) in [7, 11) is 1.81. The largest absolute Gasteiger partial charge is 0.506 e. The number of piperidine rings is 2. The number of hydrogen-bond donors (Lipinski definition) is 3. The molecule has 2 amide bonds. The van der Waals surface area contributed by atoms with E-state index in [-0.39, 0.29) is 47.5 Å². The van der Waals surface area contributed by atoms with Crippen LogP contribution in [0, 0.1) is 5.92 Å². The van der Waals surface area contributed by atoms with Gasteiger partial charge in [-0.05, 0) is 79.3 Å². The maximum absolute atomic E-state index is 13.2. The molecule has 54 heavy (non-hydrogen) atoms. The molecule has 286 valence electrons. The average molecular weight is 737 g/mol. The van der Waals surface area contributed by atoms with Crippen LogP contribution in [0.3, 0.4) is 0 Å². The van der Waals surface area contributed by atoms with Gasteiger partial charge in [0.1, 0.15) is 11.9 Å². The van der Waals surface area contributed by atoms with E-state index < -0.39 is 6.10 Å². The van der Waals surface area contributed by atoms with Crippen LogP contribution in [0.5, 0.6) is 5.75 Å². The minimum atomic E-state index is -0.766. The number of ether oxygens (including phenoxy) is 1. The number of carbonyl (C=O) groups is 3. The van der Waals surface area contributed by atoms with Gasteiger partial charge in [-0.25, -0.2) is 0 Å². The number of aliphatic hydroxyl groups is 1. The Balaban J connectivity index is 0.849. The summed E-state index contributed by atoms with van der Waals surface area (Å²) in [5.74, 6) is -0.146. The van der Waals surface area contributed by atoms with Crippen molar-refractivity contribution >= 4 is 28.7 Å². The molecule has 1 atom stereocenters. The maximum Gasteiger partial charge on any atom is 0.310 e. The Labute approximate surface area is 316 Å². The molecule has 2 fully saturated rings. The van der Waals surface area contributed by atoms with E-state index in [2.05, 4.69) is 9.88 Å². The Morgan fingerprint density at radius 1 is 0.889 bits per heavy atom. The Morgan fingerprint density at radius 3 is 2.37 bits per heavy atom. The van der Waals surface area contributed by atoms with E-state index in [9.17, 15) is 29.4 Å². The van der Waals surface area contributed by atoms with Gasteiger partial charge in [0.05, 0.1) is 18.0 Å². The molecule has 11 heteroatoms. The number of aromatic amines is 1. The normalized spacial score (nSPS) is 16.3. The van der Waals surface area contributed by atoms with E-state index in [4.69, 9.17) is 4.74 Å². The number of likely N-dealkylation sites (tertiary alicyclic amines) is 2. The van der Waals surface area contributed by atoms with Crippen LogP contribution >= 0.6 is 0 Å². The SMILES string of the molecule is CN(CCCC[C@H](O)c1ccc(O)c2[nH]c(=O)ccc12)C(=O)C1CCN(C(=O)CCN2CCC(OC(=O)Cc3ccccc3-c3ccccc3)CC2)CC1. The number of aromatic hydroxyl groups is 1. The first-order chi connectivity index (χ1) is 26.2. The number of nitrogens with zero attached hydrogens (tertiary/aromatic N) is 3. The lowest BCUT2D eigenvalue weighted by molar-refractivity contribution is -0.150. The van der Waals surface area contributed by atoms with Crippen LogP contribution in [0.15, 0.2) is 83.7 Å². The summed E-state index contributed by atoms with van der Waals surface area (Å²) < 4.78 is 5.88. The Morgan fingerprint density at radius 2 is 1.61 bits per heavy atom. The summed E-state index contributed by atoms with van der Waals surface area (Å²) in [4.78, 5) is 59.4. The number of aliphatic hydroxyl groups excluding tert-OH is 1. The third-order valence-corrected chi connectivity index (χ3v) is 11.0. The van der Waals surface area contributed by atoms with Crippen molar-refractivity contribution in [3.8, 4) is 16.9 Å².